The molecule has 1 saturated heterocycles. The molecule has 2 aromatic rings. The summed E-state index contributed by atoms with van der Waals surface area (Å²) in [5.41, 5.74) is 0.461. The molecule has 7 nitrogen and oxygen atoms in total. The minimum absolute atomic E-state index is 0.147. The van der Waals surface area contributed by atoms with Crippen LogP contribution in [0.1, 0.15) is 48.5 Å². The van der Waals surface area contributed by atoms with Gasteiger partial charge in [0.1, 0.15) is 11.8 Å². The number of carbonyl (C=O) groups excluding carboxylic acids is 2. The zero-order chi connectivity index (χ0) is 23.9. The molecule has 0 bridgehead atoms. The summed E-state index contributed by atoms with van der Waals surface area (Å²) in [4.78, 5) is 28.7. The van der Waals surface area contributed by atoms with E-state index in [0.29, 0.717) is 52.4 Å². The van der Waals surface area contributed by atoms with Crippen molar-refractivity contribution in [2.24, 2.45) is 5.92 Å². The molecule has 1 aliphatic carbocycles. The first-order valence-corrected chi connectivity index (χ1v) is 12.2. The molecule has 2 aliphatic heterocycles. The Hall–Kier alpha value is -2.48. The SMILES string of the molecule is CC1CCC2(CC1)OC[C@@H](C(=O)NCc1ccc3c(c1)OCO3)N2C(=O)c1ccc(Cl)c(Cl)c1. The fourth-order valence-electron chi connectivity index (χ4n) is 4.91. The highest BCUT2D eigenvalue weighted by molar-refractivity contribution is 6.42. The van der Waals surface area contributed by atoms with E-state index in [0.717, 1.165) is 18.4 Å². The molecular formula is C25H26Cl2N2O5. The quantitative estimate of drug-likeness (QED) is 0.647. The molecule has 0 unspecified atom stereocenters. The Morgan fingerprint density at radius 2 is 1.82 bits per heavy atom. The Bertz CT molecular complexity index is 1120. The minimum atomic E-state index is -0.795. The molecule has 2 fully saturated rings. The molecule has 5 rings (SSSR count). The van der Waals surface area contributed by atoms with Gasteiger partial charge in [0.25, 0.3) is 5.91 Å². The molecule has 2 aromatic carbocycles. The van der Waals surface area contributed by atoms with Crippen molar-refractivity contribution >= 4 is 35.0 Å². The average molecular weight is 505 g/mol. The number of hydrogen-bond donors (Lipinski definition) is 1. The molecule has 2 heterocycles. The Labute approximate surface area is 208 Å². The third-order valence-electron chi connectivity index (χ3n) is 6.91. The summed E-state index contributed by atoms with van der Waals surface area (Å²) in [6.07, 6.45) is 3.23. The van der Waals surface area contributed by atoms with Gasteiger partial charge in [-0.1, -0.05) is 36.2 Å². The summed E-state index contributed by atoms with van der Waals surface area (Å²) in [5, 5.41) is 3.63. The molecule has 1 saturated carbocycles. The zero-order valence-electron chi connectivity index (χ0n) is 18.8. The minimum Gasteiger partial charge on any atom is -0.454 e. The number of ether oxygens (including phenoxy) is 3. The van der Waals surface area contributed by atoms with Gasteiger partial charge in [0.15, 0.2) is 11.5 Å². The van der Waals surface area contributed by atoms with E-state index in [9.17, 15) is 9.59 Å². The number of amides is 2. The van der Waals surface area contributed by atoms with E-state index in [1.165, 1.54) is 0 Å². The highest BCUT2D eigenvalue weighted by Gasteiger charge is 2.53. The van der Waals surface area contributed by atoms with Gasteiger partial charge in [-0.3, -0.25) is 14.5 Å². The van der Waals surface area contributed by atoms with Crippen LogP contribution in [0, 0.1) is 5.92 Å². The van der Waals surface area contributed by atoms with Crippen LogP contribution in [-0.2, 0) is 16.1 Å². The number of benzene rings is 2. The van der Waals surface area contributed by atoms with Crippen molar-refractivity contribution in [3.05, 3.63) is 57.6 Å². The molecule has 9 heteroatoms. The second kappa shape index (κ2) is 9.29. The summed E-state index contributed by atoms with van der Waals surface area (Å²) in [6.45, 7) is 2.83. The number of nitrogens with one attached hydrogen (secondary N) is 1. The molecule has 0 aromatic heterocycles. The van der Waals surface area contributed by atoms with Gasteiger partial charge >= 0.3 is 0 Å². The third-order valence-corrected chi connectivity index (χ3v) is 7.65. The predicted octanol–water partition coefficient (Wildman–Crippen LogP) is 4.79. The number of carbonyl (C=O) groups is 2. The van der Waals surface area contributed by atoms with Gasteiger partial charge < -0.3 is 19.5 Å². The lowest BCUT2D eigenvalue weighted by Gasteiger charge is -2.43. The van der Waals surface area contributed by atoms with Crippen molar-refractivity contribution in [1.82, 2.24) is 10.2 Å². The van der Waals surface area contributed by atoms with Crippen molar-refractivity contribution < 1.29 is 23.8 Å². The van der Waals surface area contributed by atoms with Crippen LogP contribution < -0.4 is 14.8 Å². The van der Waals surface area contributed by atoms with E-state index >= 15 is 0 Å². The van der Waals surface area contributed by atoms with Gasteiger partial charge in [-0.05, 0) is 67.5 Å². The lowest BCUT2D eigenvalue weighted by Crippen LogP contribution is -2.56. The Kier molecular flexibility index (Phi) is 6.35. The number of hydrogen-bond acceptors (Lipinski definition) is 5. The summed E-state index contributed by atoms with van der Waals surface area (Å²) < 4.78 is 17.0. The normalized spacial score (nSPS) is 25.6. The highest BCUT2D eigenvalue weighted by Crippen LogP contribution is 2.43. The third kappa shape index (κ3) is 4.32. The first-order chi connectivity index (χ1) is 16.4. The van der Waals surface area contributed by atoms with E-state index in [1.807, 2.05) is 18.2 Å². The summed E-state index contributed by atoms with van der Waals surface area (Å²) in [7, 11) is 0. The lowest BCUT2D eigenvalue weighted by molar-refractivity contribution is -0.128. The largest absolute Gasteiger partial charge is 0.454 e. The van der Waals surface area contributed by atoms with Gasteiger partial charge in [0.2, 0.25) is 12.7 Å². The van der Waals surface area contributed by atoms with E-state index in [-0.39, 0.29) is 25.2 Å². The molecular weight excluding hydrogens is 479 g/mol. The van der Waals surface area contributed by atoms with Crippen molar-refractivity contribution in [2.45, 2.75) is 50.9 Å². The number of fused-ring (bicyclic) bond motifs is 1. The monoisotopic (exact) mass is 504 g/mol. The topological polar surface area (TPSA) is 77.1 Å². The van der Waals surface area contributed by atoms with Crippen molar-refractivity contribution in [1.29, 1.82) is 0 Å². The van der Waals surface area contributed by atoms with E-state index in [2.05, 4.69) is 12.2 Å². The highest BCUT2D eigenvalue weighted by atomic mass is 35.5. The molecule has 1 spiro atoms. The maximum atomic E-state index is 13.7. The standard InChI is InChI=1S/C25H26Cl2N2O5/c1-15-6-8-25(9-7-15)29(24(31)17-3-4-18(26)19(27)11-17)20(13-34-25)23(30)28-12-16-2-5-21-22(10-16)33-14-32-21/h2-5,10-11,15,20H,6-9,12-14H2,1H3,(H,28,30)/t15?,20-,25?/m0/s1. The Morgan fingerprint density at radius 1 is 1.06 bits per heavy atom. The number of nitrogens with zero attached hydrogens (tertiary/aromatic N) is 1. The summed E-state index contributed by atoms with van der Waals surface area (Å²) >= 11 is 12.2. The molecule has 3 aliphatic rings. The van der Waals surface area contributed by atoms with Crippen LogP contribution in [0.2, 0.25) is 10.0 Å². The predicted molar refractivity (Wildman–Crippen MR) is 127 cm³/mol. The van der Waals surface area contributed by atoms with Crippen LogP contribution in [0.5, 0.6) is 11.5 Å². The first kappa shape index (κ1) is 23.3. The fourth-order valence-corrected chi connectivity index (χ4v) is 5.20. The average Bonchev–Trinajstić information content (AvgIpc) is 3.45. The number of halogens is 2. The molecule has 34 heavy (non-hydrogen) atoms. The second-order valence-electron chi connectivity index (χ2n) is 9.16. The smallest absolute Gasteiger partial charge is 0.256 e. The first-order valence-electron chi connectivity index (χ1n) is 11.5. The molecule has 180 valence electrons. The van der Waals surface area contributed by atoms with E-state index in [4.69, 9.17) is 37.4 Å². The van der Waals surface area contributed by atoms with Crippen LogP contribution in [0.25, 0.3) is 0 Å². The maximum Gasteiger partial charge on any atom is 0.256 e. The van der Waals surface area contributed by atoms with Crippen LogP contribution in [0.4, 0.5) is 0 Å². The van der Waals surface area contributed by atoms with Gasteiger partial charge in [-0.15, -0.1) is 0 Å². The van der Waals surface area contributed by atoms with Crippen LogP contribution in [-0.4, -0.2) is 41.9 Å². The lowest BCUT2D eigenvalue weighted by atomic mass is 9.83. The molecule has 0 radical (unpaired) electrons. The van der Waals surface area contributed by atoms with E-state index in [1.54, 1.807) is 23.1 Å². The van der Waals surface area contributed by atoms with Crippen molar-refractivity contribution in [2.75, 3.05) is 13.4 Å². The van der Waals surface area contributed by atoms with Gasteiger partial charge in [-0.2, -0.15) is 0 Å². The van der Waals surface area contributed by atoms with Crippen LogP contribution in [0.15, 0.2) is 36.4 Å². The number of rotatable bonds is 4. The van der Waals surface area contributed by atoms with Gasteiger partial charge in [0.05, 0.1) is 16.7 Å². The Balaban J connectivity index is 1.37. The van der Waals surface area contributed by atoms with Crippen LogP contribution in [0.3, 0.4) is 0 Å². The van der Waals surface area contributed by atoms with Gasteiger partial charge in [0, 0.05) is 12.1 Å². The Morgan fingerprint density at radius 3 is 2.59 bits per heavy atom. The summed E-state index contributed by atoms with van der Waals surface area (Å²) in [5.74, 6) is 1.35. The van der Waals surface area contributed by atoms with Crippen molar-refractivity contribution in [3.63, 3.8) is 0 Å². The van der Waals surface area contributed by atoms with E-state index < -0.39 is 11.8 Å². The van der Waals surface area contributed by atoms with Crippen molar-refractivity contribution in [3.8, 4) is 11.5 Å². The zero-order valence-corrected chi connectivity index (χ0v) is 20.3. The molecule has 1 atom stereocenters. The summed E-state index contributed by atoms with van der Waals surface area (Å²) in [6, 6.07) is 9.57. The van der Waals surface area contributed by atoms with Crippen LogP contribution >= 0.6 is 23.2 Å². The van der Waals surface area contributed by atoms with Gasteiger partial charge in [-0.25, -0.2) is 0 Å². The fraction of sp³-hybridized carbons (Fsp3) is 0.440. The maximum absolute atomic E-state index is 13.7. The second-order valence-corrected chi connectivity index (χ2v) is 9.98. The molecule has 1 N–H and O–H groups in total. The molecule has 2 amide bonds.